The third kappa shape index (κ3) is 3.43. The number of nitriles is 1. The summed E-state index contributed by atoms with van der Waals surface area (Å²) in [7, 11) is 0. The molecule has 0 aliphatic heterocycles. The molecular weight excluding hydrogens is 186 g/mol. The van der Waals surface area contributed by atoms with Crippen LogP contribution in [0.4, 0.5) is 0 Å². The standard InChI is InChI=1S/C12H15N3/c1-9(2)12(14)15-8-11-5-3-10(7-13)4-6-11/h3-6,9H,8H2,1-2H3,(H2,14,15). The van der Waals surface area contributed by atoms with Gasteiger partial charge in [0.25, 0.3) is 0 Å². The molecule has 0 aromatic heterocycles. The largest absolute Gasteiger partial charge is 0.387 e. The van der Waals surface area contributed by atoms with Gasteiger partial charge in [-0.25, -0.2) is 0 Å². The molecular formula is C12H15N3. The van der Waals surface area contributed by atoms with Crippen LogP contribution in [0.3, 0.4) is 0 Å². The van der Waals surface area contributed by atoms with Gasteiger partial charge in [0.1, 0.15) is 0 Å². The van der Waals surface area contributed by atoms with Crippen LogP contribution in [0.2, 0.25) is 0 Å². The Morgan fingerprint density at radius 2 is 2.00 bits per heavy atom. The molecule has 0 aliphatic rings. The Kier molecular flexibility index (Phi) is 3.87. The number of nitrogens with two attached hydrogens (primary N) is 1. The van der Waals surface area contributed by atoms with Crippen LogP contribution in [0.1, 0.15) is 25.0 Å². The van der Waals surface area contributed by atoms with Gasteiger partial charge < -0.3 is 5.73 Å². The van der Waals surface area contributed by atoms with Crippen molar-refractivity contribution in [1.82, 2.24) is 0 Å². The first-order valence-electron chi connectivity index (χ1n) is 4.92. The van der Waals surface area contributed by atoms with E-state index in [1.54, 1.807) is 12.1 Å². The fourth-order valence-electron chi connectivity index (χ4n) is 1.05. The zero-order valence-corrected chi connectivity index (χ0v) is 9.07. The molecule has 0 saturated heterocycles. The van der Waals surface area contributed by atoms with Crippen molar-refractivity contribution in [1.29, 1.82) is 5.26 Å². The second-order valence-corrected chi connectivity index (χ2v) is 3.70. The van der Waals surface area contributed by atoms with Gasteiger partial charge in [-0.3, -0.25) is 4.99 Å². The van der Waals surface area contributed by atoms with Gasteiger partial charge in [0.05, 0.1) is 24.0 Å². The fourth-order valence-corrected chi connectivity index (χ4v) is 1.05. The molecule has 0 radical (unpaired) electrons. The number of aliphatic imine (C=N–C) groups is 1. The highest BCUT2D eigenvalue weighted by Crippen LogP contribution is 2.05. The number of amidine groups is 1. The molecule has 78 valence electrons. The topological polar surface area (TPSA) is 62.2 Å². The van der Waals surface area contributed by atoms with Crippen molar-refractivity contribution in [3.05, 3.63) is 35.4 Å². The van der Waals surface area contributed by atoms with E-state index < -0.39 is 0 Å². The zero-order valence-electron chi connectivity index (χ0n) is 9.07. The molecule has 0 bridgehead atoms. The number of benzene rings is 1. The van der Waals surface area contributed by atoms with E-state index in [-0.39, 0.29) is 5.92 Å². The summed E-state index contributed by atoms with van der Waals surface area (Å²) in [5, 5.41) is 8.62. The van der Waals surface area contributed by atoms with Gasteiger partial charge in [-0.05, 0) is 17.7 Å². The summed E-state index contributed by atoms with van der Waals surface area (Å²) in [6, 6.07) is 9.45. The van der Waals surface area contributed by atoms with Gasteiger partial charge in [-0.1, -0.05) is 26.0 Å². The number of nitrogens with zero attached hydrogens (tertiary/aromatic N) is 2. The molecule has 1 aromatic rings. The maximum atomic E-state index is 8.62. The average molecular weight is 201 g/mol. The van der Waals surface area contributed by atoms with Gasteiger partial charge in [0.2, 0.25) is 0 Å². The van der Waals surface area contributed by atoms with Gasteiger partial charge in [0.15, 0.2) is 0 Å². The third-order valence-corrected chi connectivity index (χ3v) is 2.12. The summed E-state index contributed by atoms with van der Waals surface area (Å²) in [6.45, 7) is 4.60. The number of rotatable bonds is 3. The molecule has 1 aromatic carbocycles. The third-order valence-electron chi connectivity index (χ3n) is 2.12. The predicted molar refractivity (Wildman–Crippen MR) is 61.3 cm³/mol. The SMILES string of the molecule is CC(C)C(N)=NCc1ccc(C#N)cc1. The Hall–Kier alpha value is -1.82. The van der Waals surface area contributed by atoms with E-state index >= 15 is 0 Å². The average Bonchev–Trinajstić information content (AvgIpc) is 2.26. The molecule has 0 fully saturated rings. The molecule has 3 heteroatoms. The zero-order chi connectivity index (χ0) is 11.3. The molecule has 0 amide bonds. The normalized spacial score (nSPS) is 11.5. The van der Waals surface area contributed by atoms with E-state index in [1.165, 1.54) is 0 Å². The second kappa shape index (κ2) is 5.16. The second-order valence-electron chi connectivity index (χ2n) is 3.70. The molecule has 3 nitrogen and oxygen atoms in total. The minimum absolute atomic E-state index is 0.281. The molecule has 0 aliphatic carbocycles. The Morgan fingerprint density at radius 3 is 2.47 bits per heavy atom. The highest BCUT2D eigenvalue weighted by molar-refractivity contribution is 5.82. The minimum Gasteiger partial charge on any atom is -0.387 e. The van der Waals surface area contributed by atoms with E-state index in [0.29, 0.717) is 17.9 Å². The van der Waals surface area contributed by atoms with E-state index in [0.717, 1.165) is 5.56 Å². The first-order valence-corrected chi connectivity index (χ1v) is 4.92. The molecule has 0 spiro atoms. The Morgan fingerprint density at radius 1 is 1.40 bits per heavy atom. The van der Waals surface area contributed by atoms with Crippen LogP contribution in [-0.4, -0.2) is 5.84 Å². The molecule has 0 unspecified atom stereocenters. The lowest BCUT2D eigenvalue weighted by Crippen LogP contribution is -2.18. The van der Waals surface area contributed by atoms with Crippen molar-refractivity contribution < 1.29 is 0 Å². The summed E-state index contributed by atoms with van der Waals surface area (Å²) in [5.41, 5.74) is 7.45. The summed E-state index contributed by atoms with van der Waals surface area (Å²) >= 11 is 0. The van der Waals surface area contributed by atoms with Crippen LogP contribution in [0.15, 0.2) is 29.3 Å². The highest BCUT2D eigenvalue weighted by Gasteiger charge is 1.98. The molecule has 1 rings (SSSR count). The van der Waals surface area contributed by atoms with E-state index in [2.05, 4.69) is 11.1 Å². The maximum Gasteiger partial charge on any atom is 0.0991 e. The van der Waals surface area contributed by atoms with Crippen LogP contribution in [-0.2, 0) is 6.54 Å². The smallest absolute Gasteiger partial charge is 0.0991 e. The van der Waals surface area contributed by atoms with Crippen molar-refractivity contribution in [3.63, 3.8) is 0 Å². The van der Waals surface area contributed by atoms with Crippen LogP contribution in [0.25, 0.3) is 0 Å². The molecule has 15 heavy (non-hydrogen) atoms. The maximum absolute atomic E-state index is 8.62. The molecule has 0 atom stereocenters. The van der Waals surface area contributed by atoms with Crippen LogP contribution in [0, 0.1) is 17.2 Å². The van der Waals surface area contributed by atoms with Crippen molar-refractivity contribution in [2.75, 3.05) is 0 Å². The summed E-state index contributed by atoms with van der Waals surface area (Å²) in [5.74, 6) is 0.947. The van der Waals surface area contributed by atoms with Gasteiger partial charge in [-0.2, -0.15) is 5.26 Å². The Bertz CT molecular complexity index is 382. The lowest BCUT2D eigenvalue weighted by atomic mass is 10.1. The van der Waals surface area contributed by atoms with E-state index in [9.17, 15) is 0 Å². The van der Waals surface area contributed by atoms with Crippen molar-refractivity contribution in [2.45, 2.75) is 20.4 Å². The first-order chi connectivity index (χ1) is 7.13. The van der Waals surface area contributed by atoms with E-state index in [4.69, 9.17) is 11.0 Å². The molecule has 2 N–H and O–H groups in total. The summed E-state index contributed by atoms with van der Waals surface area (Å²) in [6.07, 6.45) is 0. The van der Waals surface area contributed by atoms with Gasteiger partial charge >= 0.3 is 0 Å². The fraction of sp³-hybridized carbons (Fsp3) is 0.333. The Labute approximate surface area is 90.2 Å². The number of hydrogen-bond donors (Lipinski definition) is 1. The monoisotopic (exact) mass is 201 g/mol. The van der Waals surface area contributed by atoms with Crippen molar-refractivity contribution in [2.24, 2.45) is 16.6 Å². The number of hydrogen-bond acceptors (Lipinski definition) is 2. The van der Waals surface area contributed by atoms with Crippen molar-refractivity contribution >= 4 is 5.84 Å². The minimum atomic E-state index is 0.281. The van der Waals surface area contributed by atoms with Crippen molar-refractivity contribution in [3.8, 4) is 6.07 Å². The van der Waals surface area contributed by atoms with Crippen LogP contribution < -0.4 is 5.73 Å². The lowest BCUT2D eigenvalue weighted by Gasteiger charge is -2.03. The summed E-state index contributed by atoms with van der Waals surface area (Å²) < 4.78 is 0. The first kappa shape index (κ1) is 11.3. The quantitative estimate of drug-likeness (QED) is 0.601. The summed E-state index contributed by atoms with van der Waals surface area (Å²) in [4.78, 5) is 4.26. The highest BCUT2D eigenvalue weighted by atomic mass is 14.9. The van der Waals surface area contributed by atoms with E-state index in [1.807, 2.05) is 26.0 Å². The Balaban J connectivity index is 2.67. The molecule has 0 saturated carbocycles. The van der Waals surface area contributed by atoms with Gasteiger partial charge in [-0.15, -0.1) is 0 Å². The van der Waals surface area contributed by atoms with Crippen LogP contribution in [0.5, 0.6) is 0 Å². The van der Waals surface area contributed by atoms with Gasteiger partial charge in [0, 0.05) is 5.92 Å². The molecule has 0 heterocycles. The van der Waals surface area contributed by atoms with Crippen LogP contribution >= 0.6 is 0 Å². The predicted octanol–water partition coefficient (Wildman–Crippen LogP) is 2.07. The lowest BCUT2D eigenvalue weighted by molar-refractivity contribution is 0.855.